The van der Waals surface area contributed by atoms with Gasteiger partial charge in [-0.15, -0.1) is 11.8 Å². The molecule has 6 nitrogen and oxygen atoms in total. The van der Waals surface area contributed by atoms with Gasteiger partial charge in [0.1, 0.15) is 5.75 Å². The molecule has 0 aliphatic carbocycles. The number of phenolic OH excluding ortho intramolecular Hbond substituents is 1. The average molecular weight is 438 g/mol. The second-order valence-electron chi connectivity index (χ2n) is 8.02. The van der Waals surface area contributed by atoms with Crippen LogP contribution in [-0.2, 0) is 4.79 Å². The fraction of sp³-hybridized carbons (Fsp3) is 0.375. The molecular weight excluding hydrogens is 410 g/mol. The molecule has 3 heterocycles. The highest BCUT2D eigenvalue weighted by Gasteiger charge is 2.29. The van der Waals surface area contributed by atoms with Crippen LogP contribution in [0, 0.1) is 6.92 Å². The summed E-state index contributed by atoms with van der Waals surface area (Å²) >= 11 is 1.78. The number of rotatable bonds is 4. The number of piperidine rings is 1. The van der Waals surface area contributed by atoms with E-state index < -0.39 is 0 Å². The highest BCUT2D eigenvalue weighted by Crippen LogP contribution is 2.31. The van der Waals surface area contributed by atoms with Crippen molar-refractivity contribution in [1.29, 1.82) is 0 Å². The summed E-state index contributed by atoms with van der Waals surface area (Å²) in [5, 5.41) is 9.55. The van der Waals surface area contributed by atoms with Crippen LogP contribution in [0.2, 0.25) is 0 Å². The Balaban J connectivity index is 1.42. The minimum absolute atomic E-state index is 0.0376. The Morgan fingerprint density at radius 1 is 1.13 bits per heavy atom. The van der Waals surface area contributed by atoms with E-state index >= 15 is 0 Å². The second-order valence-corrected chi connectivity index (χ2v) is 9.09. The lowest BCUT2D eigenvalue weighted by Gasteiger charge is -2.32. The van der Waals surface area contributed by atoms with Crippen molar-refractivity contribution >= 4 is 29.7 Å². The number of carbonyl (C=O) groups excluding carboxylic acids is 2. The number of pyridine rings is 1. The third kappa shape index (κ3) is 5.10. The number of aryl methyl sites for hydroxylation is 1. The first-order chi connectivity index (χ1) is 15.0. The van der Waals surface area contributed by atoms with Crippen molar-refractivity contribution in [2.24, 2.45) is 0 Å². The molecule has 4 rings (SSSR count). The van der Waals surface area contributed by atoms with Crippen LogP contribution >= 0.6 is 11.8 Å². The van der Waals surface area contributed by atoms with Gasteiger partial charge in [0.05, 0.1) is 17.1 Å². The largest absolute Gasteiger partial charge is 0.508 e. The van der Waals surface area contributed by atoms with E-state index in [1.165, 1.54) is 0 Å². The molecule has 2 aliphatic heterocycles. The molecule has 31 heavy (non-hydrogen) atoms. The van der Waals surface area contributed by atoms with Crippen LogP contribution in [0.1, 0.15) is 46.1 Å². The van der Waals surface area contributed by atoms with E-state index in [0.717, 1.165) is 48.0 Å². The van der Waals surface area contributed by atoms with E-state index in [1.54, 1.807) is 42.1 Å². The zero-order chi connectivity index (χ0) is 21.8. The van der Waals surface area contributed by atoms with Crippen LogP contribution in [0.3, 0.4) is 0 Å². The van der Waals surface area contributed by atoms with Crippen molar-refractivity contribution in [2.75, 3.05) is 31.3 Å². The number of aromatic nitrogens is 1. The maximum absolute atomic E-state index is 13.0. The van der Waals surface area contributed by atoms with Gasteiger partial charge in [-0.1, -0.05) is 12.1 Å². The molecule has 2 fully saturated rings. The van der Waals surface area contributed by atoms with Crippen LogP contribution < -0.4 is 0 Å². The van der Waals surface area contributed by atoms with Crippen LogP contribution in [0.4, 0.5) is 0 Å². The minimum Gasteiger partial charge on any atom is -0.508 e. The highest BCUT2D eigenvalue weighted by molar-refractivity contribution is 7.99. The number of aromatic hydroxyl groups is 1. The zero-order valence-electron chi connectivity index (χ0n) is 17.7. The molecule has 1 N–H and O–H groups in total. The summed E-state index contributed by atoms with van der Waals surface area (Å²) in [7, 11) is 0. The Morgan fingerprint density at radius 2 is 1.94 bits per heavy atom. The van der Waals surface area contributed by atoms with Crippen molar-refractivity contribution in [3.63, 3.8) is 0 Å². The lowest BCUT2D eigenvalue weighted by molar-refractivity contribution is -0.127. The lowest BCUT2D eigenvalue weighted by Crippen LogP contribution is -2.38. The molecule has 2 aliphatic rings. The maximum atomic E-state index is 13.0. The van der Waals surface area contributed by atoms with E-state index in [0.29, 0.717) is 18.7 Å². The molecule has 0 radical (unpaired) electrons. The normalized spacial score (nSPS) is 17.5. The standard InChI is InChI=1S/C24H27N3O3S/c1-17-5-7-21(24(30)27-13-14-31-16-27)23(25-17)19-9-11-26(12-10-19)22(29)8-6-18-3-2-4-20(28)15-18/h2-8,15,19,28H,9-14,16H2,1H3. The molecule has 0 saturated carbocycles. The molecule has 162 valence electrons. The molecule has 2 saturated heterocycles. The molecular formula is C24H27N3O3S. The quantitative estimate of drug-likeness (QED) is 0.739. The van der Waals surface area contributed by atoms with Gasteiger partial charge in [0.2, 0.25) is 5.91 Å². The first kappa shape index (κ1) is 21.4. The predicted molar refractivity (Wildman–Crippen MR) is 123 cm³/mol. The topological polar surface area (TPSA) is 73.7 Å². The summed E-state index contributed by atoms with van der Waals surface area (Å²) in [6.07, 6.45) is 4.86. The van der Waals surface area contributed by atoms with Gasteiger partial charge in [0, 0.05) is 43.1 Å². The van der Waals surface area contributed by atoms with Gasteiger partial charge in [-0.25, -0.2) is 0 Å². The van der Waals surface area contributed by atoms with Gasteiger partial charge in [-0.2, -0.15) is 0 Å². The summed E-state index contributed by atoms with van der Waals surface area (Å²) in [5.41, 5.74) is 3.29. The Labute approximate surface area is 187 Å². The Hall–Kier alpha value is -2.80. The first-order valence-electron chi connectivity index (χ1n) is 10.6. The van der Waals surface area contributed by atoms with Crippen LogP contribution in [0.5, 0.6) is 5.75 Å². The third-order valence-corrected chi connectivity index (χ3v) is 6.78. The number of likely N-dealkylation sites (tertiary alicyclic amines) is 1. The van der Waals surface area contributed by atoms with E-state index in [2.05, 4.69) is 0 Å². The van der Waals surface area contributed by atoms with Gasteiger partial charge >= 0.3 is 0 Å². The fourth-order valence-electron chi connectivity index (χ4n) is 4.09. The van der Waals surface area contributed by atoms with Crippen molar-refractivity contribution in [2.45, 2.75) is 25.7 Å². The molecule has 2 amide bonds. The molecule has 0 bridgehead atoms. The van der Waals surface area contributed by atoms with Gasteiger partial charge < -0.3 is 14.9 Å². The zero-order valence-corrected chi connectivity index (χ0v) is 18.5. The fourth-order valence-corrected chi connectivity index (χ4v) is 5.03. The summed E-state index contributed by atoms with van der Waals surface area (Å²) in [6.45, 7) is 4.01. The van der Waals surface area contributed by atoms with Crippen LogP contribution in [-0.4, -0.2) is 63.0 Å². The van der Waals surface area contributed by atoms with E-state index in [-0.39, 0.29) is 23.5 Å². The lowest BCUT2D eigenvalue weighted by atomic mass is 9.89. The first-order valence-corrected chi connectivity index (χ1v) is 11.8. The number of phenols is 1. The second kappa shape index (κ2) is 9.56. The van der Waals surface area contributed by atoms with E-state index in [4.69, 9.17) is 4.98 Å². The molecule has 1 aromatic carbocycles. The summed E-state index contributed by atoms with van der Waals surface area (Å²) < 4.78 is 0. The monoisotopic (exact) mass is 437 g/mol. The minimum atomic E-state index is -0.0376. The molecule has 7 heteroatoms. The smallest absolute Gasteiger partial charge is 0.256 e. The molecule has 0 atom stereocenters. The van der Waals surface area contributed by atoms with Gasteiger partial charge in [0.15, 0.2) is 0 Å². The summed E-state index contributed by atoms with van der Waals surface area (Å²) in [6, 6.07) is 10.6. The Kier molecular flexibility index (Phi) is 6.61. The Morgan fingerprint density at radius 3 is 2.65 bits per heavy atom. The van der Waals surface area contributed by atoms with Crippen LogP contribution in [0.25, 0.3) is 6.08 Å². The molecule has 0 spiro atoms. The number of nitrogens with zero attached hydrogens (tertiary/aromatic N) is 3. The molecule has 2 aromatic rings. The van der Waals surface area contributed by atoms with Gasteiger partial charge in [-0.3, -0.25) is 14.6 Å². The maximum Gasteiger partial charge on any atom is 0.256 e. The number of benzene rings is 1. The van der Waals surface area contributed by atoms with E-state index in [1.807, 2.05) is 34.9 Å². The number of thioether (sulfide) groups is 1. The summed E-state index contributed by atoms with van der Waals surface area (Å²) in [4.78, 5) is 34.1. The average Bonchev–Trinajstić information content (AvgIpc) is 3.32. The van der Waals surface area contributed by atoms with Crippen LogP contribution in [0.15, 0.2) is 42.5 Å². The predicted octanol–water partition coefficient (Wildman–Crippen LogP) is 3.66. The molecule has 1 aromatic heterocycles. The van der Waals surface area contributed by atoms with Crippen molar-refractivity contribution in [3.05, 3.63) is 65.0 Å². The Bertz CT molecular complexity index is 993. The SMILES string of the molecule is Cc1ccc(C(=O)N2CCSC2)c(C2CCN(C(=O)C=Cc3cccc(O)c3)CC2)n1. The third-order valence-electron chi connectivity index (χ3n) is 5.82. The van der Waals surface area contributed by atoms with Crippen molar-refractivity contribution in [1.82, 2.24) is 14.8 Å². The summed E-state index contributed by atoms with van der Waals surface area (Å²) in [5.74, 6) is 2.11. The van der Waals surface area contributed by atoms with Gasteiger partial charge in [-0.05, 0) is 55.7 Å². The number of hydrogen-bond acceptors (Lipinski definition) is 5. The van der Waals surface area contributed by atoms with E-state index in [9.17, 15) is 14.7 Å². The number of amides is 2. The molecule has 0 unspecified atom stereocenters. The van der Waals surface area contributed by atoms with Gasteiger partial charge in [0.25, 0.3) is 5.91 Å². The number of hydrogen-bond donors (Lipinski definition) is 1. The number of carbonyl (C=O) groups is 2. The van der Waals surface area contributed by atoms with Crippen molar-refractivity contribution < 1.29 is 14.7 Å². The highest BCUT2D eigenvalue weighted by atomic mass is 32.2. The van der Waals surface area contributed by atoms with Crippen molar-refractivity contribution in [3.8, 4) is 5.75 Å².